The van der Waals surface area contributed by atoms with Crippen molar-refractivity contribution in [3.05, 3.63) is 59.7 Å². The van der Waals surface area contributed by atoms with Gasteiger partial charge in [-0.2, -0.15) is 0 Å². The molecule has 0 aliphatic heterocycles. The van der Waals surface area contributed by atoms with E-state index in [1.54, 1.807) is 11.8 Å². The van der Waals surface area contributed by atoms with Crippen LogP contribution in [-0.2, 0) is 16.1 Å². The lowest BCUT2D eigenvalue weighted by Crippen LogP contribution is -2.35. The quantitative estimate of drug-likeness (QED) is 0.196. The Labute approximate surface area is 213 Å². The molecule has 2 aromatic rings. The van der Waals surface area contributed by atoms with Gasteiger partial charge in [0.1, 0.15) is 17.4 Å². The first-order valence-electron chi connectivity index (χ1n) is 12.8. The smallest absolute Gasteiger partial charge is 0.322 e. The molecule has 198 valence electrons. The molecule has 0 heterocycles. The molecule has 2 aromatic carbocycles. The molecule has 0 aliphatic rings. The summed E-state index contributed by atoms with van der Waals surface area (Å²) in [5, 5.41) is 2.56. The topological polar surface area (TPSA) is 67.9 Å². The monoisotopic (exact) mass is 504 g/mol. The summed E-state index contributed by atoms with van der Waals surface area (Å²) < 4.78 is 37.9. The lowest BCUT2D eigenvalue weighted by molar-refractivity contribution is -0.143. The van der Waals surface area contributed by atoms with E-state index in [0.717, 1.165) is 56.2 Å². The molecule has 6 nitrogen and oxygen atoms in total. The first-order chi connectivity index (χ1) is 17.4. The molecular formula is C28H38F2N2O4. The molecule has 0 aliphatic carbocycles. The van der Waals surface area contributed by atoms with Gasteiger partial charge in [0.05, 0.1) is 18.9 Å². The predicted molar refractivity (Wildman–Crippen MR) is 137 cm³/mol. The number of nitrogens with one attached hydrogen (secondary N) is 1. The van der Waals surface area contributed by atoms with Crippen LogP contribution in [0.5, 0.6) is 5.75 Å². The van der Waals surface area contributed by atoms with Crippen LogP contribution in [0.1, 0.15) is 70.8 Å². The summed E-state index contributed by atoms with van der Waals surface area (Å²) in [6.07, 6.45) is 7.06. The third-order valence-corrected chi connectivity index (χ3v) is 5.64. The van der Waals surface area contributed by atoms with E-state index in [9.17, 15) is 18.4 Å². The van der Waals surface area contributed by atoms with Crippen molar-refractivity contribution in [3.63, 3.8) is 0 Å². The number of amides is 2. The van der Waals surface area contributed by atoms with Crippen LogP contribution in [0.15, 0.2) is 42.5 Å². The summed E-state index contributed by atoms with van der Waals surface area (Å²) in [5.41, 5.74) is 0.858. The van der Waals surface area contributed by atoms with Crippen molar-refractivity contribution >= 4 is 17.7 Å². The number of unbranched alkanes of at least 4 members (excludes halogenated alkanes) is 5. The number of nitrogens with zero attached hydrogens (tertiary/aromatic N) is 1. The Morgan fingerprint density at radius 1 is 0.917 bits per heavy atom. The van der Waals surface area contributed by atoms with Gasteiger partial charge in [0, 0.05) is 25.6 Å². The largest absolute Gasteiger partial charge is 0.494 e. The van der Waals surface area contributed by atoms with Gasteiger partial charge in [-0.25, -0.2) is 13.6 Å². The minimum absolute atomic E-state index is 0.0518. The number of carbonyl (C=O) groups excluding carboxylic acids is 2. The maximum atomic E-state index is 14.1. The Hall–Kier alpha value is -3.16. The second kappa shape index (κ2) is 16.5. The molecule has 36 heavy (non-hydrogen) atoms. The van der Waals surface area contributed by atoms with Crippen molar-refractivity contribution in [1.82, 2.24) is 4.90 Å². The first-order valence-corrected chi connectivity index (χ1v) is 12.8. The molecule has 2 amide bonds. The van der Waals surface area contributed by atoms with Crippen molar-refractivity contribution in [2.24, 2.45) is 0 Å². The van der Waals surface area contributed by atoms with Gasteiger partial charge < -0.3 is 19.7 Å². The zero-order valence-electron chi connectivity index (χ0n) is 21.4. The minimum Gasteiger partial charge on any atom is -0.494 e. The fraction of sp³-hybridized carbons (Fsp3) is 0.500. The number of benzene rings is 2. The van der Waals surface area contributed by atoms with E-state index in [-0.39, 0.29) is 11.7 Å². The molecule has 0 atom stereocenters. The van der Waals surface area contributed by atoms with Crippen LogP contribution in [0.3, 0.4) is 0 Å². The zero-order chi connectivity index (χ0) is 26.2. The molecule has 0 unspecified atom stereocenters. The highest BCUT2D eigenvalue weighted by atomic mass is 19.1. The maximum absolute atomic E-state index is 14.1. The highest BCUT2D eigenvalue weighted by molar-refractivity contribution is 5.89. The van der Waals surface area contributed by atoms with E-state index in [1.807, 2.05) is 24.3 Å². The summed E-state index contributed by atoms with van der Waals surface area (Å²) >= 11 is 0. The summed E-state index contributed by atoms with van der Waals surface area (Å²) in [5.74, 6) is -0.989. The van der Waals surface area contributed by atoms with Crippen LogP contribution in [0.25, 0.3) is 0 Å². The van der Waals surface area contributed by atoms with Crippen molar-refractivity contribution in [1.29, 1.82) is 0 Å². The molecule has 0 saturated carbocycles. The van der Waals surface area contributed by atoms with Gasteiger partial charge in [-0.15, -0.1) is 0 Å². The molecule has 8 heteroatoms. The summed E-state index contributed by atoms with van der Waals surface area (Å²) in [7, 11) is 0. The number of urea groups is 1. The molecule has 0 spiro atoms. The first kappa shape index (κ1) is 29.1. The SMILES string of the molecule is CCCCCCCN(Cc1ccc(OCCCCC(=O)OCC)cc1)C(=O)Nc1ccc(F)cc1F. The van der Waals surface area contributed by atoms with Crippen molar-refractivity contribution in [2.75, 3.05) is 25.1 Å². The van der Waals surface area contributed by atoms with Crippen LogP contribution in [0.2, 0.25) is 0 Å². The Morgan fingerprint density at radius 3 is 2.36 bits per heavy atom. The molecule has 0 aromatic heterocycles. The number of ether oxygens (including phenoxy) is 2. The lowest BCUT2D eigenvalue weighted by Gasteiger charge is -2.24. The summed E-state index contributed by atoms with van der Waals surface area (Å²) in [6.45, 7) is 5.69. The van der Waals surface area contributed by atoms with E-state index < -0.39 is 17.7 Å². The summed E-state index contributed by atoms with van der Waals surface area (Å²) in [4.78, 5) is 25.9. The lowest BCUT2D eigenvalue weighted by atomic mass is 10.1. The molecule has 1 N–H and O–H groups in total. The Bertz CT molecular complexity index is 938. The molecular weight excluding hydrogens is 466 g/mol. The fourth-order valence-corrected chi connectivity index (χ4v) is 3.65. The Balaban J connectivity index is 1.91. The van der Waals surface area contributed by atoms with Gasteiger partial charge in [-0.3, -0.25) is 4.79 Å². The van der Waals surface area contributed by atoms with Crippen molar-refractivity contribution in [2.45, 2.75) is 71.8 Å². The number of carbonyl (C=O) groups is 2. The van der Waals surface area contributed by atoms with Crippen LogP contribution in [-0.4, -0.2) is 36.7 Å². The second-order valence-corrected chi connectivity index (χ2v) is 8.64. The van der Waals surface area contributed by atoms with E-state index in [0.29, 0.717) is 44.9 Å². The molecule has 2 rings (SSSR count). The number of halogens is 2. The number of hydrogen-bond acceptors (Lipinski definition) is 4. The number of anilines is 1. The second-order valence-electron chi connectivity index (χ2n) is 8.64. The third kappa shape index (κ3) is 11.1. The van der Waals surface area contributed by atoms with Crippen LogP contribution in [0.4, 0.5) is 19.3 Å². The van der Waals surface area contributed by atoms with Crippen LogP contribution < -0.4 is 10.1 Å². The average Bonchev–Trinajstić information content (AvgIpc) is 2.85. The molecule has 0 saturated heterocycles. The van der Waals surface area contributed by atoms with E-state index in [1.165, 1.54) is 6.07 Å². The van der Waals surface area contributed by atoms with Crippen molar-refractivity contribution in [3.8, 4) is 5.75 Å². The van der Waals surface area contributed by atoms with Crippen LogP contribution >= 0.6 is 0 Å². The number of hydrogen-bond donors (Lipinski definition) is 1. The number of esters is 1. The zero-order valence-corrected chi connectivity index (χ0v) is 21.4. The van der Waals surface area contributed by atoms with E-state index >= 15 is 0 Å². The standard InChI is InChI=1S/C28H38F2N2O4/c1-3-5-6-7-9-18-32(28(34)31-26-17-14-23(29)20-25(26)30)21-22-12-15-24(16-13-22)36-19-10-8-11-27(33)35-4-2/h12-17,20H,3-11,18-19,21H2,1-2H3,(H,31,34). The van der Waals surface area contributed by atoms with Gasteiger partial charge >= 0.3 is 12.0 Å². The van der Waals surface area contributed by atoms with Gasteiger partial charge in [-0.05, 0) is 56.0 Å². The normalized spacial score (nSPS) is 10.7. The Morgan fingerprint density at radius 2 is 1.67 bits per heavy atom. The van der Waals surface area contributed by atoms with Gasteiger partial charge in [-0.1, -0.05) is 44.7 Å². The van der Waals surface area contributed by atoms with Gasteiger partial charge in [0.2, 0.25) is 0 Å². The van der Waals surface area contributed by atoms with Gasteiger partial charge in [0.15, 0.2) is 0 Å². The number of rotatable bonds is 16. The Kier molecular flexibility index (Phi) is 13.3. The third-order valence-electron chi connectivity index (χ3n) is 5.64. The maximum Gasteiger partial charge on any atom is 0.322 e. The minimum atomic E-state index is -0.810. The predicted octanol–water partition coefficient (Wildman–Crippen LogP) is 7.08. The highest BCUT2D eigenvalue weighted by Gasteiger charge is 2.16. The average molecular weight is 505 g/mol. The highest BCUT2D eigenvalue weighted by Crippen LogP contribution is 2.18. The molecule has 0 radical (unpaired) electrons. The van der Waals surface area contributed by atoms with E-state index in [2.05, 4.69) is 12.2 Å². The molecule has 0 bridgehead atoms. The van der Waals surface area contributed by atoms with E-state index in [4.69, 9.17) is 9.47 Å². The van der Waals surface area contributed by atoms with Crippen LogP contribution in [0, 0.1) is 11.6 Å². The fourth-order valence-electron chi connectivity index (χ4n) is 3.65. The van der Waals surface area contributed by atoms with Gasteiger partial charge in [0.25, 0.3) is 0 Å². The summed E-state index contributed by atoms with van der Waals surface area (Å²) in [6, 6.07) is 10.1. The van der Waals surface area contributed by atoms with Crippen molar-refractivity contribution < 1.29 is 27.8 Å². The molecule has 0 fully saturated rings.